The van der Waals surface area contributed by atoms with Crippen LogP contribution >= 0.6 is 23.5 Å². The second-order valence-corrected chi connectivity index (χ2v) is 6.41. The van der Waals surface area contributed by atoms with Gasteiger partial charge in [-0.15, -0.1) is 16.9 Å². The number of rotatable bonds is 5. The molecule has 3 aromatic rings. The molecular formula is C16H14FN3S2. The number of aromatic nitrogens is 3. The summed E-state index contributed by atoms with van der Waals surface area (Å²) in [6.45, 7) is 0. The number of halogens is 1. The van der Waals surface area contributed by atoms with E-state index in [1.54, 1.807) is 30.0 Å². The molecule has 3 rings (SSSR count). The third-order valence-corrected chi connectivity index (χ3v) is 4.78. The van der Waals surface area contributed by atoms with Crippen LogP contribution in [-0.4, -0.2) is 21.4 Å². The molecule has 0 saturated heterocycles. The summed E-state index contributed by atoms with van der Waals surface area (Å²) in [5, 5.41) is 7.55. The number of benzene rings is 2. The van der Waals surface area contributed by atoms with Crippen molar-refractivity contribution < 1.29 is 4.39 Å². The highest BCUT2D eigenvalue weighted by Crippen LogP contribution is 2.24. The van der Waals surface area contributed by atoms with Crippen LogP contribution in [0.5, 0.6) is 0 Å². The number of aromatic amines is 1. The molecule has 1 aromatic heterocycles. The van der Waals surface area contributed by atoms with Crippen LogP contribution in [0.3, 0.4) is 0 Å². The van der Waals surface area contributed by atoms with E-state index in [1.165, 1.54) is 28.3 Å². The van der Waals surface area contributed by atoms with Gasteiger partial charge in [0.05, 0.1) is 5.56 Å². The van der Waals surface area contributed by atoms with E-state index in [-0.39, 0.29) is 5.82 Å². The smallest absolute Gasteiger partial charge is 0.209 e. The molecule has 0 bridgehead atoms. The second kappa shape index (κ2) is 6.98. The Bertz CT molecular complexity index is 756. The monoisotopic (exact) mass is 331 g/mol. The molecule has 0 unspecified atom stereocenters. The van der Waals surface area contributed by atoms with Crippen LogP contribution in [0, 0.1) is 5.82 Å². The van der Waals surface area contributed by atoms with Gasteiger partial charge in [0, 0.05) is 10.6 Å². The predicted octanol–water partition coefficient (Wildman–Crippen LogP) is 4.63. The van der Waals surface area contributed by atoms with E-state index in [4.69, 9.17) is 0 Å². The van der Waals surface area contributed by atoms with Crippen LogP contribution < -0.4 is 0 Å². The van der Waals surface area contributed by atoms with Crippen molar-refractivity contribution >= 4 is 23.5 Å². The first-order valence-electron chi connectivity index (χ1n) is 6.69. The SMILES string of the molecule is CSc1ccc(CSc2n[nH]c(-c3ccccc3F)n2)cc1. The van der Waals surface area contributed by atoms with Gasteiger partial charge in [-0.3, -0.25) is 5.10 Å². The van der Waals surface area contributed by atoms with E-state index in [0.717, 1.165) is 5.75 Å². The fourth-order valence-electron chi connectivity index (χ4n) is 1.95. The Labute approximate surface area is 136 Å². The molecule has 1 N–H and O–H groups in total. The quantitative estimate of drug-likeness (QED) is 0.692. The van der Waals surface area contributed by atoms with Gasteiger partial charge in [0.15, 0.2) is 5.82 Å². The number of nitrogens with zero attached hydrogens (tertiary/aromatic N) is 2. The average molecular weight is 331 g/mol. The largest absolute Gasteiger partial charge is 0.258 e. The summed E-state index contributed by atoms with van der Waals surface area (Å²) in [5.74, 6) is 0.935. The summed E-state index contributed by atoms with van der Waals surface area (Å²) >= 11 is 3.25. The Kier molecular flexibility index (Phi) is 4.80. The Morgan fingerprint density at radius 3 is 2.59 bits per heavy atom. The van der Waals surface area contributed by atoms with Gasteiger partial charge in [-0.1, -0.05) is 36.0 Å². The molecule has 112 valence electrons. The topological polar surface area (TPSA) is 41.6 Å². The van der Waals surface area contributed by atoms with Crippen molar-refractivity contribution in [1.29, 1.82) is 0 Å². The third-order valence-electron chi connectivity index (χ3n) is 3.12. The van der Waals surface area contributed by atoms with E-state index in [2.05, 4.69) is 45.7 Å². The lowest BCUT2D eigenvalue weighted by Gasteiger charge is -2.00. The lowest BCUT2D eigenvalue weighted by Crippen LogP contribution is -1.85. The summed E-state index contributed by atoms with van der Waals surface area (Å²) in [6.07, 6.45) is 2.06. The summed E-state index contributed by atoms with van der Waals surface area (Å²) < 4.78 is 13.7. The first kappa shape index (κ1) is 15.1. The van der Waals surface area contributed by atoms with Gasteiger partial charge in [0.1, 0.15) is 5.82 Å². The number of hydrogen-bond donors (Lipinski definition) is 1. The highest BCUT2D eigenvalue weighted by Gasteiger charge is 2.10. The van der Waals surface area contributed by atoms with Crippen molar-refractivity contribution in [2.24, 2.45) is 0 Å². The molecule has 0 aliphatic carbocycles. The highest BCUT2D eigenvalue weighted by atomic mass is 32.2. The van der Waals surface area contributed by atoms with Crippen molar-refractivity contribution in [1.82, 2.24) is 15.2 Å². The molecule has 2 aromatic carbocycles. The minimum Gasteiger partial charge on any atom is -0.258 e. The fourth-order valence-corrected chi connectivity index (χ4v) is 3.12. The highest BCUT2D eigenvalue weighted by molar-refractivity contribution is 7.98. The molecule has 1 heterocycles. The van der Waals surface area contributed by atoms with Crippen molar-refractivity contribution in [2.75, 3.05) is 6.26 Å². The first-order valence-corrected chi connectivity index (χ1v) is 8.90. The van der Waals surface area contributed by atoms with Crippen LogP contribution in [0.25, 0.3) is 11.4 Å². The summed E-state index contributed by atoms with van der Waals surface area (Å²) in [5.41, 5.74) is 1.64. The summed E-state index contributed by atoms with van der Waals surface area (Å²) in [7, 11) is 0. The van der Waals surface area contributed by atoms with Crippen molar-refractivity contribution in [3.05, 3.63) is 59.9 Å². The Morgan fingerprint density at radius 2 is 1.86 bits per heavy atom. The molecule has 6 heteroatoms. The van der Waals surface area contributed by atoms with Gasteiger partial charge in [0.25, 0.3) is 0 Å². The summed E-state index contributed by atoms with van der Waals surface area (Å²) in [4.78, 5) is 5.59. The number of thioether (sulfide) groups is 2. The lowest BCUT2D eigenvalue weighted by molar-refractivity contribution is 0.630. The van der Waals surface area contributed by atoms with Gasteiger partial charge in [-0.25, -0.2) is 9.37 Å². The molecule has 0 aliphatic heterocycles. The second-order valence-electron chi connectivity index (χ2n) is 4.58. The van der Waals surface area contributed by atoms with Gasteiger partial charge < -0.3 is 0 Å². The minimum absolute atomic E-state index is 0.303. The third kappa shape index (κ3) is 3.51. The van der Waals surface area contributed by atoms with Gasteiger partial charge in [-0.2, -0.15) is 0 Å². The van der Waals surface area contributed by atoms with E-state index >= 15 is 0 Å². The molecule has 0 spiro atoms. The zero-order valence-electron chi connectivity index (χ0n) is 11.9. The van der Waals surface area contributed by atoms with Gasteiger partial charge in [0.2, 0.25) is 5.16 Å². The van der Waals surface area contributed by atoms with Crippen LogP contribution in [-0.2, 0) is 5.75 Å². The maximum absolute atomic E-state index is 13.7. The molecule has 0 fully saturated rings. The van der Waals surface area contributed by atoms with Crippen LogP contribution in [0.1, 0.15) is 5.56 Å². The van der Waals surface area contributed by atoms with Crippen LogP contribution in [0.4, 0.5) is 4.39 Å². The van der Waals surface area contributed by atoms with Gasteiger partial charge in [-0.05, 0) is 36.1 Å². The Hall–Kier alpha value is -1.79. The molecule has 3 nitrogen and oxygen atoms in total. The normalized spacial score (nSPS) is 10.8. The van der Waals surface area contributed by atoms with Crippen molar-refractivity contribution in [2.45, 2.75) is 15.8 Å². The van der Waals surface area contributed by atoms with Gasteiger partial charge >= 0.3 is 0 Å². The predicted molar refractivity (Wildman–Crippen MR) is 89.6 cm³/mol. The Balaban J connectivity index is 1.68. The number of hydrogen-bond acceptors (Lipinski definition) is 4. The van der Waals surface area contributed by atoms with E-state index in [0.29, 0.717) is 16.5 Å². The maximum atomic E-state index is 13.7. The molecule has 0 radical (unpaired) electrons. The molecule has 0 amide bonds. The van der Waals surface area contributed by atoms with E-state index in [1.807, 2.05) is 0 Å². The van der Waals surface area contributed by atoms with Crippen LogP contribution in [0.15, 0.2) is 58.6 Å². The first-order chi connectivity index (χ1) is 10.8. The Morgan fingerprint density at radius 1 is 1.09 bits per heavy atom. The molecular weight excluding hydrogens is 317 g/mol. The van der Waals surface area contributed by atoms with E-state index in [9.17, 15) is 4.39 Å². The minimum atomic E-state index is -0.303. The zero-order chi connectivity index (χ0) is 15.4. The van der Waals surface area contributed by atoms with Crippen molar-refractivity contribution in [3.63, 3.8) is 0 Å². The zero-order valence-corrected chi connectivity index (χ0v) is 13.5. The lowest BCUT2D eigenvalue weighted by atomic mass is 10.2. The molecule has 0 atom stereocenters. The summed E-state index contributed by atoms with van der Waals surface area (Å²) in [6, 6.07) is 14.9. The van der Waals surface area contributed by atoms with Crippen LogP contribution in [0.2, 0.25) is 0 Å². The van der Waals surface area contributed by atoms with E-state index < -0.39 is 0 Å². The number of H-pyrrole nitrogens is 1. The maximum Gasteiger partial charge on any atom is 0.209 e. The fraction of sp³-hybridized carbons (Fsp3) is 0.125. The number of nitrogens with one attached hydrogen (secondary N) is 1. The standard InChI is InChI=1S/C16H14FN3S2/c1-21-12-8-6-11(7-9-12)10-22-16-18-15(19-20-16)13-4-2-3-5-14(13)17/h2-9H,10H2,1H3,(H,18,19,20). The molecule has 0 saturated carbocycles. The van der Waals surface area contributed by atoms with Crippen molar-refractivity contribution in [3.8, 4) is 11.4 Å². The average Bonchev–Trinajstić information content (AvgIpc) is 3.02. The molecule has 0 aliphatic rings. The molecule has 22 heavy (non-hydrogen) atoms.